The predicted molar refractivity (Wildman–Crippen MR) is 138 cm³/mol. The molecule has 8 nitrogen and oxygen atoms in total. The molecular formula is C29H37NO7. The summed E-state index contributed by atoms with van der Waals surface area (Å²) in [7, 11) is 0. The maximum Gasteiger partial charge on any atom is 0.338 e. The third-order valence-corrected chi connectivity index (χ3v) is 4.97. The van der Waals surface area contributed by atoms with Crippen molar-refractivity contribution < 1.29 is 33.5 Å². The largest absolute Gasteiger partial charge is 0.460 e. The van der Waals surface area contributed by atoms with E-state index in [4.69, 9.17) is 14.3 Å². The van der Waals surface area contributed by atoms with E-state index in [1.807, 2.05) is 6.07 Å². The Labute approximate surface area is 218 Å². The Balaban J connectivity index is 2.01. The molecule has 0 spiro atoms. The zero-order valence-corrected chi connectivity index (χ0v) is 22.5. The van der Waals surface area contributed by atoms with Crippen LogP contribution < -0.4 is 5.48 Å². The van der Waals surface area contributed by atoms with Crippen LogP contribution in [0.1, 0.15) is 75.9 Å². The summed E-state index contributed by atoms with van der Waals surface area (Å²) in [6, 6.07) is 15.9. The summed E-state index contributed by atoms with van der Waals surface area (Å²) in [5.74, 6) is -2.69. The van der Waals surface area contributed by atoms with Gasteiger partial charge in [0.05, 0.1) is 17.9 Å². The first-order chi connectivity index (χ1) is 17.2. The van der Waals surface area contributed by atoms with Gasteiger partial charge in [-0.25, -0.2) is 9.59 Å². The van der Waals surface area contributed by atoms with Crippen LogP contribution in [0.3, 0.4) is 0 Å². The zero-order chi connectivity index (χ0) is 27.6. The second-order valence-electron chi connectivity index (χ2n) is 10.8. The average Bonchev–Trinajstić information content (AvgIpc) is 2.79. The molecule has 2 aromatic carbocycles. The van der Waals surface area contributed by atoms with Crippen molar-refractivity contribution in [1.82, 2.24) is 5.48 Å². The van der Waals surface area contributed by atoms with E-state index in [9.17, 15) is 19.2 Å². The number of hydrogen-bond acceptors (Lipinski definition) is 7. The Morgan fingerprint density at radius 3 is 2.05 bits per heavy atom. The van der Waals surface area contributed by atoms with E-state index < -0.39 is 40.9 Å². The van der Waals surface area contributed by atoms with Crippen molar-refractivity contribution in [1.29, 1.82) is 0 Å². The first kappa shape index (κ1) is 29.5. The fourth-order valence-corrected chi connectivity index (χ4v) is 3.40. The average molecular weight is 512 g/mol. The smallest absolute Gasteiger partial charge is 0.338 e. The van der Waals surface area contributed by atoms with Crippen LogP contribution >= 0.6 is 0 Å². The van der Waals surface area contributed by atoms with Crippen molar-refractivity contribution in [2.24, 2.45) is 5.92 Å². The number of carbonyl (C=O) groups excluding carboxylic acids is 4. The number of hydrogen-bond donors (Lipinski definition) is 1. The molecule has 0 bridgehead atoms. The van der Waals surface area contributed by atoms with Crippen molar-refractivity contribution in [3.8, 4) is 0 Å². The molecule has 0 aliphatic rings. The minimum Gasteiger partial charge on any atom is -0.460 e. The lowest BCUT2D eigenvalue weighted by Crippen LogP contribution is -2.32. The van der Waals surface area contributed by atoms with Crippen LogP contribution in [0.2, 0.25) is 0 Å². The monoisotopic (exact) mass is 511 g/mol. The number of nitrogens with one attached hydrogen (secondary N) is 1. The molecular weight excluding hydrogens is 474 g/mol. The van der Waals surface area contributed by atoms with Gasteiger partial charge < -0.3 is 14.3 Å². The number of benzene rings is 2. The van der Waals surface area contributed by atoms with E-state index in [0.29, 0.717) is 5.56 Å². The van der Waals surface area contributed by atoms with Crippen LogP contribution in [0.4, 0.5) is 0 Å². The minimum absolute atomic E-state index is 0.0235. The van der Waals surface area contributed by atoms with Gasteiger partial charge in [-0.05, 0) is 77.6 Å². The molecule has 0 aromatic heterocycles. The van der Waals surface area contributed by atoms with Gasteiger partial charge in [0.2, 0.25) is 0 Å². The fourth-order valence-electron chi connectivity index (χ4n) is 3.40. The standard InChI is InChI=1S/C29H37NO7/c1-28(2,3)35-26(33)22-14-10-13-21(17-22)18-23(27(34)36-29(4,5)6)15-16-24(31)30-37-25(32)19-20-11-8-7-9-12-20/h7-14,17,23H,15-16,18-19H2,1-6H3,(H,30,31). The highest BCUT2D eigenvalue weighted by Gasteiger charge is 2.27. The second kappa shape index (κ2) is 13.0. The maximum atomic E-state index is 12.9. The predicted octanol–water partition coefficient (Wildman–Crippen LogP) is 4.74. The third-order valence-electron chi connectivity index (χ3n) is 4.97. The first-order valence-corrected chi connectivity index (χ1v) is 12.3. The van der Waals surface area contributed by atoms with Gasteiger partial charge in [0.1, 0.15) is 11.2 Å². The fraction of sp³-hybridized carbons (Fsp3) is 0.448. The molecule has 37 heavy (non-hydrogen) atoms. The van der Waals surface area contributed by atoms with E-state index >= 15 is 0 Å². The molecule has 2 rings (SSSR count). The molecule has 0 heterocycles. The van der Waals surface area contributed by atoms with Gasteiger partial charge in [-0.1, -0.05) is 42.5 Å². The number of esters is 2. The topological polar surface area (TPSA) is 108 Å². The van der Waals surface area contributed by atoms with Crippen LogP contribution in [0.25, 0.3) is 0 Å². The van der Waals surface area contributed by atoms with E-state index in [-0.39, 0.29) is 25.7 Å². The molecule has 0 saturated heterocycles. The Hall–Kier alpha value is -3.68. The molecule has 1 N–H and O–H groups in total. The third kappa shape index (κ3) is 11.7. The number of hydroxylamine groups is 1. The van der Waals surface area contributed by atoms with Crippen molar-refractivity contribution in [2.45, 2.75) is 78.4 Å². The van der Waals surface area contributed by atoms with Gasteiger partial charge in [0.15, 0.2) is 0 Å². The van der Waals surface area contributed by atoms with Crippen LogP contribution in [-0.4, -0.2) is 35.0 Å². The maximum absolute atomic E-state index is 12.9. The lowest BCUT2D eigenvalue weighted by atomic mass is 9.93. The van der Waals surface area contributed by atoms with Crippen LogP contribution in [0, 0.1) is 5.92 Å². The molecule has 0 aliphatic heterocycles. The van der Waals surface area contributed by atoms with Crippen molar-refractivity contribution in [3.05, 3.63) is 71.3 Å². The van der Waals surface area contributed by atoms with Gasteiger partial charge in [0, 0.05) is 6.42 Å². The molecule has 0 radical (unpaired) electrons. The SMILES string of the molecule is CC(C)(C)OC(=O)c1cccc(CC(CCC(=O)NOC(=O)Cc2ccccc2)C(=O)OC(C)(C)C)c1. The second-order valence-corrected chi connectivity index (χ2v) is 10.8. The van der Waals surface area contributed by atoms with E-state index in [1.54, 1.807) is 90.1 Å². The van der Waals surface area contributed by atoms with Gasteiger partial charge in [-0.2, -0.15) is 5.48 Å². The summed E-state index contributed by atoms with van der Waals surface area (Å²) >= 11 is 0. The summed E-state index contributed by atoms with van der Waals surface area (Å²) in [5, 5.41) is 0. The van der Waals surface area contributed by atoms with Crippen molar-refractivity contribution in [3.63, 3.8) is 0 Å². The normalized spacial score (nSPS) is 12.3. The molecule has 1 unspecified atom stereocenters. The van der Waals surface area contributed by atoms with Crippen LogP contribution in [-0.2, 0) is 41.5 Å². The highest BCUT2D eigenvalue weighted by Crippen LogP contribution is 2.21. The van der Waals surface area contributed by atoms with Crippen LogP contribution in [0.5, 0.6) is 0 Å². The Morgan fingerprint density at radius 1 is 0.811 bits per heavy atom. The van der Waals surface area contributed by atoms with Gasteiger partial charge in [-0.15, -0.1) is 0 Å². The summed E-state index contributed by atoms with van der Waals surface area (Å²) in [5.41, 5.74) is 2.68. The van der Waals surface area contributed by atoms with Crippen LogP contribution in [0.15, 0.2) is 54.6 Å². The van der Waals surface area contributed by atoms with Gasteiger partial charge >= 0.3 is 17.9 Å². The first-order valence-electron chi connectivity index (χ1n) is 12.3. The number of amides is 1. The lowest BCUT2D eigenvalue weighted by molar-refractivity contribution is -0.161. The molecule has 1 atom stereocenters. The quantitative estimate of drug-likeness (QED) is 0.294. The van der Waals surface area contributed by atoms with E-state index in [0.717, 1.165) is 11.1 Å². The lowest BCUT2D eigenvalue weighted by Gasteiger charge is -2.24. The highest BCUT2D eigenvalue weighted by atomic mass is 16.7. The zero-order valence-electron chi connectivity index (χ0n) is 22.5. The van der Waals surface area contributed by atoms with E-state index in [1.165, 1.54) is 0 Å². The number of rotatable bonds is 9. The molecule has 0 fully saturated rings. The number of carbonyl (C=O) groups is 4. The molecule has 1 amide bonds. The van der Waals surface area contributed by atoms with Gasteiger partial charge in [0.25, 0.3) is 5.91 Å². The summed E-state index contributed by atoms with van der Waals surface area (Å²) in [4.78, 5) is 54.6. The molecule has 0 aliphatic carbocycles. The minimum atomic E-state index is -0.705. The van der Waals surface area contributed by atoms with Crippen molar-refractivity contribution >= 4 is 23.8 Å². The van der Waals surface area contributed by atoms with Crippen molar-refractivity contribution in [2.75, 3.05) is 0 Å². The number of ether oxygens (including phenoxy) is 2. The molecule has 2 aromatic rings. The summed E-state index contributed by atoms with van der Waals surface area (Å²) < 4.78 is 11.0. The highest BCUT2D eigenvalue weighted by molar-refractivity contribution is 5.90. The molecule has 8 heteroatoms. The van der Waals surface area contributed by atoms with E-state index in [2.05, 4.69) is 5.48 Å². The summed E-state index contributed by atoms with van der Waals surface area (Å²) in [6.45, 7) is 10.7. The Morgan fingerprint density at radius 2 is 1.43 bits per heavy atom. The molecule has 200 valence electrons. The Kier molecular flexibility index (Phi) is 10.4. The summed E-state index contributed by atoms with van der Waals surface area (Å²) in [6.07, 6.45) is 0.379. The molecule has 0 saturated carbocycles. The van der Waals surface area contributed by atoms with Gasteiger partial charge in [-0.3, -0.25) is 9.59 Å². The Bertz CT molecular complexity index is 1080.